The van der Waals surface area contributed by atoms with Crippen LogP contribution in [0.5, 0.6) is 11.5 Å². The number of rotatable bonds is 19. The molecule has 2 aliphatic heterocycles. The normalized spacial score (nSPS) is 19.1. The molecule has 0 radical (unpaired) electrons. The molecule has 2 bridgehead atoms. The quantitative estimate of drug-likeness (QED) is 0.0721. The zero-order valence-corrected chi connectivity index (χ0v) is 46.1. The number of aryl methyl sites for hydroxylation is 1. The number of likely N-dealkylation sites (N-methyl/N-ethyl adjacent to an activating group) is 2. The van der Waals surface area contributed by atoms with Gasteiger partial charge in [-0.1, -0.05) is 51.1 Å². The molecule has 20 heteroatoms. The fourth-order valence-corrected chi connectivity index (χ4v) is 10.2. The van der Waals surface area contributed by atoms with Crippen molar-refractivity contribution in [1.82, 2.24) is 45.2 Å². The third-order valence-electron chi connectivity index (χ3n) is 14.8. The summed E-state index contributed by atoms with van der Waals surface area (Å²) in [6, 6.07) is 17.2. The SMILES string of the molecule is CN[C@H](C)C(=O)N[C@@H](C(=O)N1Cc2cc(OCCOCCOCCC(=O)N(C)CCN3C[C@H](C)Oc4ccc(F)cc4[C@@H](C)Nc4ccn5ncc(c5n4)C3=O)ccc2C[C@@H]1C(=O)NC1CCCc2ccccc21)C(C)(C)C. The number of hydrogen-bond acceptors (Lipinski definition) is 13. The summed E-state index contributed by atoms with van der Waals surface area (Å²) in [6.45, 7) is 13.1. The number of carbonyl (C=O) groups is 5. The second-order valence-corrected chi connectivity index (χ2v) is 21.6. The molecule has 0 saturated heterocycles. The van der Waals surface area contributed by atoms with Crippen LogP contribution in [-0.2, 0) is 48.0 Å². The Morgan fingerprint density at radius 3 is 2.50 bits per heavy atom. The van der Waals surface area contributed by atoms with E-state index in [9.17, 15) is 28.4 Å². The van der Waals surface area contributed by atoms with E-state index in [1.807, 2.05) is 65.0 Å². The fraction of sp³-hybridized carbons (Fsp3) is 0.500. The molecule has 0 saturated carbocycles. The lowest BCUT2D eigenvalue weighted by molar-refractivity contribution is -0.147. The van der Waals surface area contributed by atoms with Crippen LogP contribution in [0.3, 0.4) is 0 Å². The van der Waals surface area contributed by atoms with Crippen LogP contribution in [0, 0.1) is 11.2 Å². The Morgan fingerprint density at radius 1 is 0.949 bits per heavy atom. The van der Waals surface area contributed by atoms with Crippen LogP contribution in [-0.4, -0.2) is 150 Å². The number of anilines is 1. The van der Waals surface area contributed by atoms with Gasteiger partial charge >= 0.3 is 0 Å². The van der Waals surface area contributed by atoms with Gasteiger partial charge in [0.15, 0.2) is 5.65 Å². The van der Waals surface area contributed by atoms with Gasteiger partial charge in [-0.2, -0.15) is 5.10 Å². The van der Waals surface area contributed by atoms with Crippen molar-refractivity contribution in [3.8, 4) is 11.5 Å². The van der Waals surface area contributed by atoms with Crippen LogP contribution in [0.4, 0.5) is 10.2 Å². The number of nitrogens with one attached hydrogen (secondary N) is 4. The average molecular weight is 1080 g/mol. The highest BCUT2D eigenvalue weighted by atomic mass is 19.1. The second-order valence-electron chi connectivity index (χ2n) is 21.6. The minimum absolute atomic E-state index is 0.120. The Labute approximate surface area is 455 Å². The van der Waals surface area contributed by atoms with E-state index in [1.165, 1.54) is 28.4 Å². The van der Waals surface area contributed by atoms with E-state index in [4.69, 9.17) is 18.9 Å². The lowest BCUT2D eigenvalue weighted by Crippen LogP contribution is -2.62. The Morgan fingerprint density at radius 2 is 1.72 bits per heavy atom. The first-order valence-electron chi connectivity index (χ1n) is 27.0. The maximum atomic E-state index is 14.7. The van der Waals surface area contributed by atoms with Crippen LogP contribution in [0.1, 0.15) is 111 Å². The number of benzene rings is 3. The molecule has 4 N–H and O–H groups in total. The van der Waals surface area contributed by atoms with Gasteiger partial charge in [-0.15, -0.1) is 0 Å². The molecule has 1 aliphatic carbocycles. The van der Waals surface area contributed by atoms with Gasteiger partial charge in [0, 0.05) is 44.9 Å². The van der Waals surface area contributed by atoms with Crippen LogP contribution in [0.2, 0.25) is 0 Å². The van der Waals surface area contributed by atoms with E-state index in [-0.39, 0.29) is 107 Å². The van der Waals surface area contributed by atoms with E-state index < -0.39 is 35.5 Å². The zero-order chi connectivity index (χ0) is 55.7. The smallest absolute Gasteiger partial charge is 0.259 e. The molecule has 0 spiro atoms. The second kappa shape index (κ2) is 25.5. The van der Waals surface area contributed by atoms with E-state index >= 15 is 0 Å². The summed E-state index contributed by atoms with van der Waals surface area (Å²) in [5.74, 6) is -0.212. The highest BCUT2D eigenvalue weighted by Gasteiger charge is 2.43. The minimum Gasteiger partial charge on any atom is -0.491 e. The summed E-state index contributed by atoms with van der Waals surface area (Å²) in [7, 11) is 3.37. The van der Waals surface area contributed by atoms with Gasteiger partial charge in [0.05, 0.1) is 63.7 Å². The molecule has 3 aliphatic rings. The van der Waals surface area contributed by atoms with E-state index in [2.05, 4.69) is 43.5 Å². The summed E-state index contributed by atoms with van der Waals surface area (Å²) in [5, 5.41) is 16.9. The lowest BCUT2D eigenvalue weighted by atomic mass is 9.83. The number of carbonyl (C=O) groups excluding carboxylic acids is 5. The molecule has 6 atom stereocenters. The number of nitrogens with zero attached hydrogens (tertiary/aromatic N) is 6. The van der Waals surface area contributed by atoms with Crippen LogP contribution in [0.25, 0.3) is 5.65 Å². The monoisotopic (exact) mass is 1070 g/mol. The van der Waals surface area contributed by atoms with Gasteiger partial charge in [-0.25, -0.2) is 13.9 Å². The minimum atomic E-state index is -0.902. The van der Waals surface area contributed by atoms with Crippen molar-refractivity contribution in [2.75, 3.05) is 72.1 Å². The Bertz CT molecular complexity index is 2950. The van der Waals surface area contributed by atoms with Gasteiger partial charge in [0.1, 0.15) is 53.5 Å². The van der Waals surface area contributed by atoms with Crippen molar-refractivity contribution < 1.29 is 47.3 Å². The predicted molar refractivity (Wildman–Crippen MR) is 291 cm³/mol. The third kappa shape index (κ3) is 13.9. The van der Waals surface area contributed by atoms with Gasteiger partial charge in [-0.3, -0.25) is 24.0 Å². The first-order valence-corrected chi connectivity index (χ1v) is 27.0. The number of amides is 5. The highest BCUT2D eigenvalue weighted by molar-refractivity contribution is 6.00. The van der Waals surface area contributed by atoms with Gasteiger partial charge < -0.3 is 54.9 Å². The van der Waals surface area contributed by atoms with Crippen molar-refractivity contribution in [2.24, 2.45) is 5.41 Å². The molecular weight excluding hydrogens is 1000 g/mol. The summed E-state index contributed by atoms with van der Waals surface area (Å²) in [4.78, 5) is 79.2. The summed E-state index contributed by atoms with van der Waals surface area (Å²) in [5.41, 5.74) is 4.70. The first-order chi connectivity index (χ1) is 37.4. The molecule has 5 amide bonds. The molecule has 4 heterocycles. The van der Waals surface area contributed by atoms with Gasteiger partial charge in [-0.05, 0) is 111 Å². The fourth-order valence-electron chi connectivity index (χ4n) is 10.2. The van der Waals surface area contributed by atoms with Crippen molar-refractivity contribution in [3.05, 3.63) is 118 Å². The first kappa shape index (κ1) is 57.0. The van der Waals surface area contributed by atoms with Crippen molar-refractivity contribution in [2.45, 2.75) is 117 Å². The van der Waals surface area contributed by atoms with Gasteiger partial charge in [0.25, 0.3) is 5.91 Å². The van der Waals surface area contributed by atoms with Crippen molar-refractivity contribution in [1.29, 1.82) is 0 Å². The van der Waals surface area contributed by atoms with Crippen LogP contribution in [0.15, 0.2) is 79.1 Å². The average Bonchev–Trinajstić information content (AvgIpc) is 3.94. The molecule has 2 aromatic heterocycles. The Hall–Kier alpha value is -7.16. The van der Waals surface area contributed by atoms with E-state index in [1.54, 1.807) is 54.0 Å². The standard InChI is InChI=1S/C58H75FN10O9/c1-36-34-67(56(73)46-33-61-69-22-20-50(64-53(46)69)62-37(2)45-32-42(59)17-19-49(45)78-36)24-23-66(8)51(70)21-25-75-26-27-76-28-29-77-43-18-16-40-31-48(55(72)63-47-15-11-13-39-12-9-10-14-44(39)47)68(35-41(40)30-43)57(74)52(58(4,5)6)65-54(71)38(3)60-7/h9-10,12,14,16-20,22,30,32-33,36-38,47-48,52,60H,11,13,15,21,23-29,31,34-35H2,1-8H3,(H,62,64)(H,63,72)(H,65,71)/t36-,37+,38+,47?,48+,52-/m0/s1. The number of fused-ring (bicyclic) bond motifs is 4. The Balaban J connectivity index is 0.806. The molecule has 8 rings (SSSR count). The van der Waals surface area contributed by atoms with Crippen LogP contribution < -0.4 is 30.7 Å². The van der Waals surface area contributed by atoms with Crippen LogP contribution >= 0.6 is 0 Å². The molecule has 19 nitrogen and oxygen atoms in total. The summed E-state index contributed by atoms with van der Waals surface area (Å²) < 4.78 is 39.9. The largest absolute Gasteiger partial charge is 0.491 e. The molecule has 1 unspecified atom stereocenters. The van der Waals surface area contributed by atoms with Gasteiger partial charge in [0.2, 0.25) is 23.6 Å². The Kier molecular flexibility index (Phi) is 18.7. The molecule has 78 heavy (non-hydrogen) atoms. The summed E-state index contributed by atoms with van der Waals surface area (Å²) in [6.07, 6.45) is 5.81. The number of ether oxygens (including phenoxy) is 4. The molecule has 5 aromatic rings. The maximum Gasteiger partial charge on any atom is 0.259 e. The topological polar surface area (TPSA) is 210 Å². The predicted octanol–water partition coefficient (Wildman–Crippen LogP) is 5.81. The zero-order valence-electron chi connectivity index (χ0n) is 46.1. The molecule has 418 valence electrons. The molecule has 3 aromatic carbocycles. The highest BCUT2D eigenvalue weighted by Crippen LogP contribution is 2.34. The van der Waals surface area contributed by atoms with E-state index in [0.717, 1.165) is 36.0 Å². The van der Waals surface area contributed by atoms with E-state index in [0.29, 0.717) is 40.5 Å². The van der Waals surface area contributed by atoms with Crippen molar-refractivity contribution >= 4 is 41.0 Å². The number of halogens is 1. The number of hydrogen-bond donors (Lipinski definition) is 4. The lowest BCUT2D eigenvalue weighted by Gasteiger charge is -2.41. The molecule has 0 fully saturated rings. The maximum absolute atomic E-state index is 14.7. The summed E-state index contributed by atoms with van der Waals surface area (Å²) >= 11 is 0. The number of aromatic nitrogens is 3. The third-order valence-corrected chi connectivity index (χ3v) is 14.8. The molecular formula is C58H75FN10O9. The van der Waals surface area contributed by atoms with Crippen molar-refractivity contribution in [3.63, 3.8) is 0 Å².